The zero-order chi connectivity index (χ0) is 18.9. The Kier molecular flexibility index (Phi) is 3.70. The van der Waals surface area contributed by atoms with Crippen LogP contribution in [0.2, 0.25) is 0 Å². The number of nitrogens with zero attached hydrogens (tertiary/aromatic N) is 2. The van der Waals surface area contributed by atoms with Crippen LogP contribution in [0.15, 0.2) is 66.9 Å². The third kappa shape index (κ3) is 2.91. The normalized spacial score (nSPS) is 10.8. The molecule has 134 valence electrons. The fourth-order valence-electron chi connectivity index (χ4n) is 3.04. The summed E-state index contributed by atoms with van der Waals surface area (Å²) in [4.78, 5) is 15.5. The van der Waals surface area contributed by atoms with Gasteiger partial charge in [-0.3, -0.25) is 0 Å². The summed E-state index contributed by atoms with van der Waals surface area (Å²) in [5.74, 6) is 4.69. The molecule has 0 aliphatic rings. The van der Waals surface area contributed by atoms with Gasteiger partial charge in [0.15, 0.2) is 0 Å². The lowest BCUT2D eigenvalue weighted by molar-refractivity contribution is 0.483. The first-order chi connectivity index (χ1) is 13.8. The molecule has 28 heavy (non-hydrogen) atoms. The third-order valence-corrected chi connectivity index (χ3v) is 4.36. The molecule has 6 heteroatoms. The van der Waals surface area contributed by atoms with Crippen LogP contribution in [0.3, 0.4) is 0 Å². The number of pyridine rings is 1. The molecule has 0 radical (unpaired) electrons. The molecule has 6 nitrogen and oxygen atoms in total. The molecule has 0 atom stereocenters. The van der Waals surface area contributed by atoms with E-state index in [4.69, 9.17) is 11.2 Å². The van der Waals surface area contributed by atoms with Crippen LogP contribution in [0.25, 0.3) is 22.1 Å². The number of H-pyrrole nitrogens is 2. The van der Waals surface area contributed by atoms with Crippen molar-refractivity contribution in [2.45, 2.75) is 0 Å². The van der Waals surface area contributed by atoms with E-state index < -0.39 is 0 Å². The molecular formula is C22H15N5O. The lowest BCUT2D eigenvalue weighted by Crippen LogP contribution is -1.92. The molecule has 3 aromatic heterocycles. The van der Waals surface area contributed by atoms with Crippen LogP contribution in [-0.4, -0.2) is 19.9 Å². The Morgan fingerprint density at radius 1 is 0.929 bits per heavy atom. The molecule has 3 heterocycles. The highest BCUT2D eigenvalue weighted by atomic mass is 16.5. The average Bonchev–Trinajstić information content (AvgIpc) is 3.32. The summed E-state index contributed by atoms with van der Waals surface area (Å²) in [5, 5.41) is 3.27. The second-order valence-corrected chi connectivity index (χ2v) is 6.24. The van der Waals surface area contributed by atoms with Gasteiger partial charge in [0.1, 0.15) is 22.7 Å². The zero-order valence-corrected chi connectivity index (χ0v) is 14.7. The number of aromatic amines is 2. The van der Waals surface area contributed by atoms with Crippen LogP contribution in [0, 0.1) is 12.3 Å². The molecule has 0 saturated heterocycles. The van der Waals surface area contributed by atoms with Crippen LogP contribution in [-0.2, 0) is 0 Å². The van der Waals surface area contributed by atoms with Gasteiger partial charge < -0.3 is 20.0 Å². The second kappa shape index (κ2) is 6.49. The summed E-state index contributed by atoms with van der Waals surface area (Å²) in [6.45, 7) is 0. The van der Waals surface area contributed by atoms with Gasteiger partial charge >= 0.3 is 0 Å². The number of terminal acetylenes is 1. The van der Waals surface area contributed by atoms with Crippen molar-refractivity contribution >= 4 is 33.7 Å². The standard InChI is InChI=1S/C22H15N5O/c1-2-14-8-10-18-21(24-14)20(13-23-18)27-22-25-17-11-9-16(12-19(17)26-22)28-15-6-4-3-5-7-15/h1,3-13,23H,(H2,25,26,27). The maximum absolute atomic E-state index is 5.88. The first kappa shape index (κ1) is 16.0. The quantitative estimate of drug-likeness (QED) is 0.394. The maximum atomic E-state index is 5.88. The molecule has 0 spiro atoms. The first-order valence-electron chi connectivity index (χ1n) is 8.73. The van der Waals surface area contributed by atoms with E-state index in [0.29, 0.717) is 11.6 Å². The van der Waals surface area contributed by atoms with Crippen molar-refractivity contribution in [3.8, 4) is 23.8 Å². The summed E-state index contributed by atoms with van der Waals surface area (Å²) >= 11 is 0. The molecular weight excluding hydrogens is 350 g/mol. The minimum Gasteiger partial charge on any atom is -0.457 e. The van der Waals surface area contributed by atoms with Crippen molar-refractivity contribution in [3.05, 3.63) is 72.6 Å². The molecule has 0 aliphatic heterocycles. The van der Waals surface area contributed by atoms with Gasteiger partial charge in [0.05, 0.1) is 22.2 Å². The number of ether oxygens (including phenoxy) is 1. The Hall–Kier alpha value is -4.24. The van der Waals surface area contributed by atoms with Gasteiger partial charge in [0.25, 0.3) is 0 Å². The second-order valence-electron chi connectivity index (χ2n) is 6.24. The lowest BCUT2D eigenvalue weighted by atomic mass is 10.3. The number of para-hydroxylation sites is 1. The Labute approximate surface area is 160 Å². The van der Waals surface area contributed by atoms with Crippen LogP contribution >= 0.6 is 0 Å². The maximum Gasteiger partial charge on any atom is 0.205 e. The van der Waals surface area contributed by atoms with E-state index in [2.05, 4.69) is 31.2 Å². The van der Waals surface area contributed by atoms with Crippen molar-refractivity contribution in [3.63, 3.8) is 0 Å². The van der Waals surface area contributed by atoms with Crippen molar-refractivity contribution in [2.75, 3.05) is 5.32 Å². The van der Waals surface area contributed by atoms with E-state index in [9.17, 15) is 0 Å². The van der Waals surface area contributed by atoms with Crippen LogP contribution in [0.1, 0.15) is 5.69 Å². The molecule has 0 amide bonds. The molecule has 0 bridgehead atoms. The highest BCUT2D eigenvalue weighted by Crippen LogP contribution is 2.28. The van der Waals surface area contributed by atoms with Crippen LogP contribution < -0.4 is 10.1 Å². The summed E-state index contributed by atoms with van der Waals surface area (Å²) in [6.07, 6.45) is 7.30. The number of nitrogens with one attached hydrogen (secondary N) is 3. The van der Waals surface area contributed by atoms with E-state index in [0.717, 1.165) is 39.3 Å². The average molecular weight is 365 g/mol. The van der Waals surface area contributed by atoms with E-state index in [-0.39, 0.29) is 0 Å². The minimum atomic E-state index is 0.586. The monoisotopic (exact) mass is 365 g/mol. The van der Waals surface area contributed by atoms with Gasteiger partial charge in [-0.25, -0.2) is 9.97 Å². The topological polar surface area (TPSA) is 78.6 Å². The molecule has 0 aliphatic carbocycles. The van der Waals surface area contributed by atoms with Crippen LogP contribution in [0.5, 0.6) is 11.5 Å². The highest BCUT2D eigenvalue weighted by Gasteiger charge is 2.10. The van der Waals surface area contributed by atoms with Gasteiger partial charge in [0, 0.05) is 12.3 Å². The van der Waals surface area contributed by atoms with Crippen molar-refractivity contribution in [1.82, 2.24) is 19.9 Å². The summed E-state index contributed by atoms with van der Waals surface area (Å²) in [5.41, 5.74) is 4.75. The fourth-order valence-corrected chi connectivity index (χ4v) is 3.04. The molecule has 2 aromatic carbocycles. The molecule has 0 saturated carbocycles. The van der Waals surface area contributed by atoms with Crippen molar-refractivity contribution < 1.29 is 4.74 Å². The lowest BCUT2D eigenvalue weighted by Gasteiger charge is -2.04. The molecule has 3 N–H and O–H groups in total. The SMILES string of the molecule is C#Cc1ccc2[nH]cc(Nc3nc4ccc(Oc5ccccc5)cc4[nH]3)c2n1. The summed E-state index contributed by atoms with van der Waals surface area (Å²) in [6, 6.07) is 19.1. The minimum absolute atomic E-state index is 0.586. The number of rotatable bonds is 4. The highest BCUT2D eigenvalue weighted by molar-refractivity contribution is 5.91. The van der Waals surface area contributed by atoms with Crippen molar-refractivity contribution in [2.24, 2.45) is 0 Å². The summed E-state index contributed by atoms with van der Waals surface area (Å²) < 4.78 is 5.88. The van der Waals surface area contributed by atoms with Gasteiger partial charge in [-0.2, -0.15) is 0 Å². The van der Waals surface area contributed by atoms with E-state index >= 15 is 0 Å². The number of fused-ring (bicyclic) bond motifs is 2. The molecule has 0 unspecified atom stereocenters. The first-order valence-corrected chi connectivity index (χ1v) is 8.73. The number of benzene rings is 2. The van der Waals surface area contributed by atoms with Gasteiger partial charge in [0.2, 0.25) is 5.95 Å². The Morgan fingerprint density at radius 2 is 1.82 bits per heavy atom. The Balaban J connectivity index is 1.45. The number of aromatic nitrogens is 4. The Bertz CT molecular complexity index is 1330. The molecule has 5 aromatic rings. The number of hydrogen-bond donors (Lipinski definition) is 3. The number of imidazole rings is 1. The Morgan fingerprint density at radius 3 is 2.68 bits per heavy atom. The van der Waals surface area contributed by atoms with E-state index in [1.165, 1.54) is 0 Å². The zero-order valence-electron chi connectivity index (χ0n) is 14.7. The van der Waals surface area contributed by atoms with Gasteiger partial charge in [-0.15, -0.1) is 6.42 Å². The van der Waals surface area contributed by atoms with E-state index in [1.54, 1.807) is 6.07 Å². The largest absolute Gasteiger partial charge is 0.457 e. The molecule has 5 rings (SSSR count). The molecule has 0 fully saturated rings. The number of hydrogen-bond acceptors (Lipinski definition) is 4. The van der Waals surface area contributed by atoms with Crippen LogP contribution in [0.4, 0.5) is 11.6 Å². The van der Waals surface area contributed by atoms with Crippen molar-refractivity contribution in [1.29, 1.82) is 0 Å². The van der Waals surface area contributed by atoms with E-state index in [1.807, 2.05) is 60.8 Å². The smallest absolute Gasteiger partial charge is 0.205 e. The van der Waals surface area contributed by atoms with Gasteiger partial charge in [-0.1, -0.05) is 24.1 Å². The predicted molar refractivity (Wildman–Crippen MR) is 110 cm³/mol. The van der Waals surface area contributed by atoms with Gasteiger partial charge in [-0.05, 0) is 36.4 Å². The summed E-state index contributed by atoms with van der Waals surface area (Å²) in [7, 11) is 0. The predicted octanol–water partition coefficient (Wildman–Crippen LogP) is 4.96. The number of anilines is 2. The fraction of sp³-hybridized carbons (Fsp3) is 0. The third-order valence-electron chi connectivity index (χ3n) is 4.36.